The van der Waals surface area contributed by atoms with E-state index in [1.54, 1.807) is 11.0 Å². The van der Waals surface area contributed by atoms with Crippen molar-refractivity contribution in [3.05, 3.63) is 48.0 Å². The highest BCUT2D eigenvalue weighted by Crippen LogP contribution is 2.16. The van der Waals surface area contributed by atoms with E-state index in [-0.39, 0.29) is 36.6 Å². The zero-order valence-electron chi connectivity index (χ0n) is 14.2. The molecular formula is C17H25Cl2N5O. The Balaban J connectivity index is 0.00000156. The third kappa shape index (κ3) is 6.30. The zero-order valence-corrected chi connectivity index (χ0v) is 15.9. The van der Waals surface area contributed by atoms with Gasteiger partial charge in [-0.05, 0) is 37.4 Å². The summed E-state index contributed by atoms with van der Waals surface area (Å²) < 4.78 is 1.79. The highest BCUT2D eigenvalue weighted by atomic mass is 35.5. The van der Waals surface area contributed by atoms with E-state index >= 15 is 0 Å². The molecule has 0 unspecified atom stereocenters. The number of halogens is 2. The molecule has 0 radical (unpaired) electrons. The first kappa shape index (κ1) is 21.4. The summed E-state index contributed by atoms with van der Waals surface area (Å²) in [7, 11) is 0. The van der Waals surface area contributed by atoms with Gasteiger partial charge in [-0.2, -0.15) is 5.10 Å². The summed E-state index contributed by atoms with van der Waals surface area (Å²) in [6.07, 6.45) is 5.08. The van der Waals surface area contributed by atoms with E-state index in [2.05, 4.69) is 51.9 Å². The van der Waals surface area contributed by atoms with E-state index in [9.17, 15) is 4.79 Å². The van der Waals surface area contributed by atoms with Crippen LogP contribution in [0.1, 0.15) is 30.9 Å². The fourth-order valence-corrected chi connectivity index (χ4v) is 2.97. The van der Waals surface area contributed by atoms with E-state index in [1.165, 1.54) is 6.33 Å². The maximum absolute atomic E-state index is 12.2. The van der Waals surface area contributed by atoms with Gasteiger partial charge >= 0.3 is 0 Å². The van der Waals surface area contributed by atoms with E-state index in [4.69, 9.17) is 0 Å². The molecule has 0 bridgehead atoms. The van der Waals surface area contributed by atoms with Gasteiger partial charge in [-0.15, -0.1) is 24.8 Å². The summed E-state index contributed by atoms with van der Waals surface area (Å²) in [5.41, 5.74) is 2.28. The van der Waals surface area contributed by atoms with Crippen molar-refractivity contribution in [3.63, 3.8) is 0 Å². The van der Waals surface area contributed by atoms with Crippen LogP contribution in [0.15, 0.2) is 36.9 Å². The summed E-state index contributed by atoms with van der Waals surface area (Å²) in [5.74, 6) is 0.308. The number of nitrogens with zero attached hydrogens (tertiary/aromatic N) is 3. The first-order valence-electron chi connectivity index (χ1n) is 8.12. The number of piperidine rings is 1. The predicted molar refractivity (Wildman–Crippen MR) is 102 cm³/mol. The number of nitrogens with one attached hydrogen (secondary N) is 2. The molecule has 0 spiro atoms. The Bertz CT molecular complexity index is 633. The van der Waals surface area contributed by atoms with Gasteiger partial charge in [0, 0.05) is 18.5 Å². The van der Waals surface area contributed by atoms with Gasteiger partial charge in [0.25, 0.3) is 0 Å². The first-order valence-corrected chi connectivity index (χ1v) is 8.12. The average Bonchev–Trinajstić information content (AvgIpc) is 3.07. The topological polar surface area (TPSA) is 71.8 Å². The predicted octanol–water partition coefficient (Wildman–Crippen LogP) is 2.17. The Kier molecular flexibility index (Phi) is 8.89. The molecular weight excluding hydrogens is 361 g/mol. The van der Waals surface area contributed by atoms with Crippen molar-refractivity contribution in [1.82, 2.24) is 25.4 Å². The smallest absolute Gasteiger partial charge is 0.223 e. The summed E-state index contributed by atoms with van der Waals surface area (Å²) >= 11 is 0. The van der Waals surface area contributed by atoms with Crippen molar-refractivity contribution >= 4 is 30.7 Å². The molecule has 1 aromatic heterocycles. The van der Waals surface area contributed by atoms with Crippen LogP contribution in [0.5, 0.6) is 0 Å². The minimum Gasteiger partial charge on any atom is -0.352 e. The van der Waals surface area contributed by atoms with Crippen molar-refractivity contribution in [2.45, 2.75) is 38.9 Å². The summed E-state index contributed by atoms with van der Waals surface area (Å²) in [5, 5.41) is 10.5. The third-order valence-electron chi connectivity index (χ3n) is 4.30. The molecule has 6 nitrogen and oxygen atoms in total. The van der Waals surface area contributed by atoms with Gasteiger partial charge in [-0.3, -0.25) is 4.79 Å². The SMILES string of the molecule is C[C@H]1C[C@@H](C(=O)NCc2ccc(Cn3cncn3)cc2)CCN1.Cl.Cl. The van der Waals surface area contributed by atoms with Crippen LogP contribution in [-0.4, -0.2) is 33.3 Å². The molecule has 1 saturated heterocycles. The van der Waals surface area contributed by atoms with Gasteiger partial charge < -0.3 is 10.6 Å². The quantitative estimate of drug-likeness (QED) is 0.826. The fraction of sp³-hybridized carbons (Fsp3) is 0.471. The number of hydrogen-bond acceptors (Lipinski definition) is 4. The van der Waals surface area contributed by atoms with Crippen LogP contribution in [0, 0.1) is 5.92 Å². The fourth-order valence-electron chi connectivity index (χ4n) is 2.97. The molecule has 1 aromatic carbocycles. The molecule has 1 aliphatic heterocycles. The molecule has 8 heteroatoms. The number of aromatic nitrogens is 3. The van der Waals surface area contributed by atoms with Crippen molar-refractivity contribution in [2.75, 3.05) is 6.54 Å². The number of hydrogen-bond donors (Lipinski definition) is 2. The van der Waals surface area contributed by atoms with Crippen LogP contribution in [-0.2, 0) is 17.9 Å². The number of rotatable bonds is 5. The largest absolute Gasteiger partial charge is 0.352 e. The number of amides is 1. The van der Waals surface area contributed by atoms with Crippen molar-refractivity contribution in [2.24, 2.45) is 5.92 Å². The zero-order chi connectivity index (χ0) is 16.1. The second-order valence-corrected chi connectivity index (χ2v) is 6.20. The number of carbonyl (C=O) groups excluding carboxylic acids is 1. The molecule has 2 aromatic rings. The monoisotopic (exact) mass is 385 g/mol. The normalized spacial score (nSPS) is 19.4. The van der Waals surface area contributed by atoms with E-state index < -0.39 is 0 Å². The highest BCUT2D eigenvalue weighted by Gasteiger charge is 2.24. The average molecular weight is 386 g/mol. The van der Waals surface area contributed by atoms with Crippen LogP contribution in [0.25, 0.3) is 0 Å². The van der Waals surface area contributed by atoms with Crippen LogP contribution >= 0.6 is 24.8 Å². The summed E-state index contributed by atoms with van der Waals surface area (Å²) in [6, 6.07) is 8.66. The first-order chi connectivity index (χ1) is 11.2. The minimum absolute atomic E-state index is 0. The molecule has 2 atom stereocenters. The highest BCUT2D eigenvalue weighted by molar-refractivity contribution is 5.85. The van der Waals surface area contributed by atoms with Gasteiger partial charge in [0.05, 0.1) is 6.54 Å². The lowest BCUT2D eigenvalue weighted by Crippen LogP contribution is -2.42. The molecule has 0 saturated carbocycles. The molecule has 2 heterocycles. The molecule has 1 amide bonds. The van der Waals surface area contributed by atoms with E-state index in [0.717, 1.165) is 30.5 Å². The molecule has 25 heavy (non-hydrogen) atoms. The van der Waals surface area contributed by atoms with Gasteiger partial charge in [0.2, 0.25) is 5.91 Å². The summed E-state index contributed by atoms with van der Waals surface area (Å²) in [6.45, 7) is 4.35. The van der Waals surface area contributed by atoms with Crippen LogP contribution in [0.4, 0.5) is 0 Å². The molecule has 3 rings (SSSR count). The van der Waals surface area contributed by atoms with Gasteiger partial charge in [0.1, 0.15) is 12.7 Å². The Hall–Kier alpha value is -1.63. The number of benzene rings is 1. The van der Waals surface area contributed by atoms with Crippen LogP contribution in [0.2, 0.25) is 0 Å². The lowest BCUT2D eigenvalue weighted by molar-refractivity contribution is -0.126. The minimum atomic E-state index is 0. The second kappa shape index (κ2) is 10.4. The van der Waals surface area contributed by atoms with Crippen molar-refractivity contribution in [1.29, 1.82) is 0 Å². The van der Waals surface area contributed by atoms with E-state index in [1.807, 2.05) is 0 Å². The lowest BCUT2D eigenvalue weighted by Gasteiger charge is -2.27. The Labute approximate surface area is 160 Å². The third-order valence-corrected chi connectivity index (χ3v) is 4.30. The van der Waals surface area contributed by atoms with Gasteiger partial charge in [-0.1, -0.05) is 24.3 Å². The van der Waals surface area contributed by atoms with Crippen LogP contribution in [0.3, 0.4) is 0 Å². The standard InChI is InChI=1S/C17H23N5O.2ClH/c1-13-8-16(6-7-19-13)17(23)20-9-14-2-4-15(5-3-14)10-22-12-18-11-21-22;;/h2-5,11-13,16,19H,6-10H2,1H3,(H,20,23);2*1H/t13-,16-;;/m0../s1. The Morgan fingerprint density at radius 2 is 2.00 bits per heavy atom. The molecule has 1 fully saturated rings. The van der Waals surface area contributed by atoms with E-state index in [0.29, 0.717) is 19.1 Å². The number of carbonyl (C=O) groups is 1. The molecule has 0 aliphatic carbocycles. The molecule has 2 N–H and O–H groups in total. The lowest BCUT2D eigenvalue weighted by atomic mass is 9.92. The van der Waals surface area contributed by atoms with Crippen LogP contribution < -0.4 is 10.6 Å². The molecule has 1 aliphatic rings. The second-order valence-electron chi connectivity index (χ2n) is 6.20. The maximum atomic E-state index is 12.2. The van der Waals surface area contributed by atoms with Gasteiger partial charge in [0.15, 0.2) is 0 Å². The Morgan fingerprint density at radius 1 is 1.28 bits per heavy atom. The molecule has 138 valence electrons. The van der Waals surface area contributed by atoms with Gasteiger partial charge in [-0.25, -0.2) is 9.67 Å². The Morgan fingerprint density at radius 3 is 2.64 bits per heavy atom. The van der Waals surface area contributed by atoms with Crippen molar-refractivity contribution < 1.29 is 4.79 Å². The maximum Gasteiger partial charge on any atom is 0.223 e. The van der Waals surface area contributed by atoms with Crippen molar-refractivity contribution in [3.8, 4) is 0 Å². The summed E-state index contributed by atoms with van der Waals surface area (Å²) in [4.78, 5) is 16.2.